The molecule has 0 radical (unpaired) electrons. The Morgan fingerprint density at radius 3 is 2.16 bits per heavy atom. The minimum absolute atomic E-state index is 0.123. The molecule has 0 unspecified atom stereocenters. The van der Waals surface area contributed by atoms with Crippen LogP contribution in [0.4, 0.5) is 26.3 Å². The number of hydrogen-bond donors (Lipinski definition) is 1. The van der Waals surface area contributed by atoms with Crippen LogP contribution in [-0.2, 0) is 12.7 Å². The van der Waals surface area contributed by atoms with Gasteiger partial charge in [-0.1, -0.05) is 0 Å². The number of nitrogens with two attached hydrogens (primary N) is 1. The van der Waals surface area contributed by atoms with Gasteiger partial charge in [-0.25, -0.2) is 4.98 Å². The van der Waals surface area contributed by atoms with Crippen molar-refractivity contribution < 1.29 is 35.8 Å². The average molecular weight is 290 g/mol. The molecule has 0 aliphatic heterocycles. The van der Waals surface area contributed by atoms with Crippen molar-refractivity contribution in [3.63, 3.8) is 0 Å². The molecule has 0 bridgehead atoms. The van der Waals surface area contributed by atoms with Crippen LogP contribution >= 0.6 is 0 Å². The maximum absolute atomic E-state index is 12.5. The monoisotopic (exact) mass is 290 g/mol. The molecule has 1 aromatic heterocycles. The summed E-state index contributed by atoms with van der Waals surface area (Å²) in [6.45, 7) is -0.528. The number of nitrogens with zero attached hydrogens (tertiary/aromatic N) is 1. The van der Waals surface area contributed by atoms with Crippen LogP contribution in [0.15, 0.2) is 6.07 Å². The summed E-state index contributed by atoms with van der Waals surface area (Å²) in [5.41, 5.74) is 3.18. The van der Waals surface area contributed by atoms with Crippen molar-refractivity contribution >= 4 is 0 Å². The van der Waals surface area contributed by atoms with Gasteiger partial charge < -0.3 is 15.2 Å². The highest BCUT2D eigenvalue weighted by Gasteiger charge is 2.38. The van der Waals surface area contributed by atoms with E-state index in [9.17, 15) is 26.3 Å². The molecule has 0 atom stereocenters. The van der Waals surface area contributed by atoms with E-state index in [2.05, 4.69) is 14.5 Å². The molecule has 1 heterocycles. The normalized spacial score (nSPS) is 12.4. The summed E-state index contributed by atoms with van der Waals surface area (Å²) in [6.07, 6.45) is -10.1. The Morgan fingerprint density at radius 2 is 1.79 bits per heavy atom. The molecule has 1 rings (SSSR count). The average Bonchev–Trinajstić information content (AvgIpc) is 2.24. The lowest BCUT2D eigenvalue weighted by atomic mass is 10.2. The van der Waals surface area contributed by atoms with E-state index in [1.54, 1.807) is 0 Å². The van der Waals surface area contributed by atoms with Crippen LogP contribution in [0.5, 0.6) is 11.6 Å². The molecule has 2 N–H and O–H groups in total. The Kier molecular flexibility index (Phi) is 4.13. The minimum Gasteiger partial charge on any atom is -0.481 e. The van der Waals surface area contributed by atoms with Crippen molar-refractivity contribution in [2.75, 3.05) is 7.11 Å². The fourth-order valence-corrected chi connectivity index (χ4v) is 1.24. The van der Waals surface area contributed by atoms with Gasteiger partial charge >= 0.3 is 12.5 Å². The van der Waals surface area contributed by atoms with Crippen molar-refractivity contribution in [1.29, 1.82) is 0 Å². The molecule has 1 aromatic rings. The molecule has 19 heavy (non-hydrogen) atoms. The van der Waals surface area contributed by atoms with Crippen molar-refractivity contribution in [2.24, 2.45) is 5.73 Å². The zero-order valence-corrected chi connectivity index (χ0v) is 9.39. The number of pyridine rings is 1. The lowest BCUT2D eigenvalue weighted by Crippen LogP contribution is -2.20. The second kappa shape index (κ2) is 5.11. The second-order valence-corrected chi connectivity index (χ2v) is 3.24. The highest BCUT2D eigenvalue weighted by Crippen LogP contribution is 2.37. The van der Waals surface area contributed by atoms with E-state index in [1.165, 1.54) is 0 Å². The molecular formula is C9H8F6N2O2. The summed E-state index contributed by atoms with van der Waals surface area (Å²) in [5, 5.41) is 0. The molecule has 0 saturated heterocycles. The van der Waals surface area contributed by atoms with E-state index in [1.807, 2.05) is 0 Å². The van der Waals surface area contributed by atoms with Gasteiger partial charge in [0.2, 0.25) is 5.88 Å². The molecule has 108 valence electrons. The van der Waals surface area contributed by atoms with Crippen LogP contribution in [0.25, 0.3) is 0 Å². The predicted molar refractivity (Wildman–Crippen MR) is 50.4 cm³/mol. The smallest absolute Gasteiger partial charge is 0.481 e. The zero-order valence-electron chi connectivity index (χ0n) is 9.39. The second-order valence-electron chi connectivity index (χ2n) is 3.24. The largest absolute Gasteiger partial charge is 0.573 e. The number of halogens is 6. The molecule has 0 saturated carbocycles. The third-order valence-electron chi connectivity index (χ3n) is 1.96. The Morgan fingerprint density at radius 1 is 1.21 bits per heavy atom. The maximum Gasteiger partial charge on any atom is 0.573 e. The van der Waals surface area contributed by atoms with Gasteiger partial charge in [0.25, 0.3) is 0 Å². The zero-order chi connectivity index (χ0) is 14.8. The SMILES string of the molecule is COc1nc(C(F)(F)F)cc(OC(F)(F)F)c1CN. The number of aromatic nitrogens is 1. The Labute approximate surface area is 103 Å². The Bertz CT molecular complexity index is 457. The first kappa shape index (κ1) is 15.3. The molecule has 0 aromatic carbocycles. The molecule has 0 aliphatic rings. The first-order chi connectivity index (χ1) is 8.58. The molecular weight excluding hydrogens is 282 g/mol. The van der Waals surface area contributed by atoms with Gasteiger partial charge in [-0.15, -0.1) is 13.2 Å². The summed E-state index contributed by atoms with van der Waals surface area (Å²) in [6, 6.07) is 0.123. The molecule has 0 spiro atoms. The number of ether oxygens (including phenoxy) is 2. The molecule has 0 fully saturated rings. The van der Waals surface area contributed by atoms with Crippen LogP contribution < -0.4 is 15.2 Å². The van der Waals surface area contributed by atoms with E-state index in [-0.39, 0.29) is 6.07 Å². The van der Waals surface area contributed by atoms with Crippen LogP contribution in [0.3, 0.4) is 0 Å². The van der Waals surface area contributed by atoms with Crippen LogP contribution in [0.1, 0.15) is 11.3 Å². The predicted octanol–water partition coefficient (Wildman–Crippen LogP) is 2.47. The lowest BCUT2D eigenvalue weighted by molar-refractivity contribution is -0.275. The van der Waals surface area contributed by atoms with Gasteiger partial charge in [0.05, 0.1) is 12.7 Å². The minimum atomic E-state index is -5.15. The van der Waals surface area contributed by atoms with E-state index in [0.29, 0.717) is 0 Å². The Balaban J connectivity index is 3.40. The summed E-state index contributed by atoms with van der Waals surface area (Å²) in [7, 11) is 0.957. The van der Waals surface area contributed by atoms with E-state index < -0.39 is 42.0 Å². The van der Waals surface area contributed by atoms with Gasteiger partial charge in [-0.2, -0.15) is 13.2 Å². The summed E-state index contributed by atoms with van der Waals surface area (Å²) < 4.78 is 81.7. The van der Waals surface area contributed by atoms with Crippen LogP contribution in [0.2, 0.25) is 0 Å². The molecule has 0 amide bonds. The quantitative estimate of drug-likeness (QED) is 0.869. The number of hydrogen-bond acceptors (Lipinski definition) is 4. The van der Waals surface area contributed by atoms with Gasteiger partial charge in [0.1, 0.15) is 5.75 Å². The van der Waals surface area contributed by atoms with E-state index >= 15 is 0 Å². The van der Waals surface area contributed by atoms with Gasteiger partial charge in [-0.3, -0.25) is 0 Å². The van der Waals surface area contributed by atoms with Crippen molar-refractivity contribution in [3.8, 4) is 11.6 Å². The maximum atomic E-state index is 12.5. The standard InChI is InChI=1S/C9H8F6N2O2/c1-18-7-4(3-16)5(19-9(13,14)15)2-6(17-7)8(10,11)12/h2H,3,16H2,1H3. The molecule has 10 heteroatoms. The van der Waals surface area contributed by atoms with E-state index in [0.717, 1.165) is 7.11 Å². The van der Waals surface area contributed by atoms with Crippen molar-refractivity contribution in [3.05, 3.63) is 17.3 Å². The summed E-state index contributed by atoms with van der Waals surface area (Å²) in [4.78, 5) is 3.05. The van der Waals surface area contributed by atoms with Crippen LogP contribution in [-0.4, -0.2) is 18.5 Å². The van der Waals surface area contributed by atoms with Gasteiger partial charge in [-0.05, 0) is 0 Å². The third kappa shape index (κ3) is 3.88. The lowest BCUT2D eigenvalue weighted by Gasteiger charge is -2.16. The van der Waals surface area contributed by atoms with Crippen LogP contribution in [0, 0.1) is 0 Å². The highest BCUT2D eigenvalue weighted by atomic mass is 19.4. The number of methoxy groups -OCH3 is 1. The highest BCUT2D eigenvalue weighted by molar-refractivity contribution is 5.42. The van der Waals surface area contributed by atoms with Crippen molar-refractivity contribution in [1.82, 2.24) is 4.98 Å². The molecule has 0 aliphatic carbocycles. The summed E-state index contributed by atoms with van der Waals surface area (Å²) >= 11 is 0. The summed E-state index contributed by atoms with van der Waals surface area (Å²) in [5.74, 6) is -1.76. The molecule has 4 nitrogen and oxygen atoms in total. The third-order valence-corrected chi connectivity index (χ3v) is 1.96. The Hall–Kier alpha value is -1.71. The fourth-order valence-electron chi connectivity index (χ4n) is 1.24. The first-order valence-electron chi connectivity index (χ1n) is 4.69. The van der Waals surface area contributed by atoms with Gasteiger partial charge in [0.15, 0.2) is 5.69 Å². The number of alkyl halides is 6. The first-order valence-corrected chi connectivity index (χ1v) is 4.69. The fraction of sp³-hybridized carbons (Fsp3) is 0.444. The van der Waals surface area contributed by atoms with E-state index in [4.69, 9.17) is 5.73 Å². The number of rotatable bonds is 3. The van der Waals surface area contributed by atoms with Gasteiger partial charge in [0, 0.05) is 12.6 Å². The topological polar surface area (TPSA) is 57.4 Å². The van der Waals surface area contributed by atoms with Crippen molar-refractivity contribution in [2.45, 2.75) is 19.1 Å².